The van der Waals surface area contributed by atoms with Crippen LogP contribution < -0.4 is 4.90 Å². The second-order valence-corrected chi connectivity index (χ2v) is 2.99. The first-order chi connectivity index (χ1) is 5.09. The van der Waals surface area contributed by atoms with Crippen molar-refractivity contribution in [3.8, 4) is 0 Å². The predicted octanol–water partition coefficient (Wildman–Crippen LogP) is 1.05. The number of hydrogen-bond donors (Lipinski definition) is 1. The molecule has 3 nitrogen and oxygen atoms in total. The summed E-state index contributed by atoms with van der Waals surface area (Å²) in [6.45, 7) is 3.14. The van der Waals surface area contributed by atoms with E-state index in [0.29, 0.717) is 5.96 Å². The molecule has 0 unspecified atom stereocenters. The maximum atomic E-state index is 7.58. The lowest BCUT2D eigenvalue weighted by Gasteiger charge is -2.12. The summed E-state index contributed by atoms with van der Waals surface area (Å²) in [6, 6.07) is 0. The average Bonchev–Trinajstić information content (AvgIpc) is 1.98. The van der Waals surface area contributed by atoms with Gasteiger partial charge < -0.3 is 4.90 Å². The monoisotopic (exact) mass is 157 g/mol. The molecule has 0 atom stereocenters. The molecule has 0 spiro atoms. The van der Waals surface area contributed by atoms with Gasteiger partial charge in [0.15, 0.2) is 0 Å². The molecule has 0 aliphatic heterocycles. The molecule has 0 rings (SSSR count). The van der Waals surface area contributed by atoms with Gasteiger partial charge in [0, 0.05) is 20.5 Å². The fourth-order valence-corrected chi connectivity index (χ4v) is 0.843. The topological polar surface area (TPSA) is 33.0 Å². The molecule has 1 radical (unpaired) electrons. The van der Waals surface area contributed by atoms with Crippen molar-refractivity contribution in [2.45, 2.75) is 19.8 Å². The largest absolute Gasteiger partial charge is 0.346 e. The quantitative estimate of drug-likeness (QED) is 0.371. The summed E-state index contributed by atoms with van der Waals surface area (Å²) < 4.78 is 0. The maximum Gasteiger partial charge on any atom is 0.346 e. The van der Waals surface area contributed by atoms with Crippen molar-refractivity contribution >= 4 is 5.96 Å². The molecule has 0 aliphatic carbocycles. The third-order valence-electron chi connectivity index (χ3n) is 1.63. The van der Waals surface area contributed by atoms with E-state index in [1.54, 1.807) is 0 Å². The summed E-state index contributed by atoms with van der Waals surface area (Å²) >= 11 is 0. The van der Waals surface area contributed by atoms with Crippen molar-refractivity contribution in [2.24, 2.45) is 0 Å². The first-order valence-electron chi connectivity index (χ1n) is 4.06. The molecule has 0 bridgehead atoms. The van der Waals surface area contributed by atoms with Crippen LogP contribution in [0, 0.1) is 5.41 Å². The van der Waals surface area contributed by atoms with Crippen molar-refractivity contribution in [2.75, 3.05) is 27.7 Å². The van der Waals surface area contributed by atoms with Gasteiger partial charge in [0.25, 0.3) is 0 Å². The average molecular weight is 157 g/mol. The number of nitrogens with zero attached hydrogens (tertiary/aromatic N) is 2. The smallest absolute Gasteiger partial charge is 0.313 e. The minimum atomic E-state index is 0.582. The van der Waals surface area contributed by atoms with Crippen LogP contribution in [0.3, 0.4) is 0 Å². The van der Waals surface area contributed by atoms with Crippen LogP contribution in [0.2, 0.25) is 0 Å². The third kappa shape index (κ3) is 3.98. The Morgan fingerprint density at radius 1 is 1.45 bits per heavy atom. The lowest BCUT2D eigenvalue weighted by Crippen LogP contribution is -2.42. The Kier molecular flexibility index (Phi) is 4.86. The molecule has 3 heteroatoms. The van der Waals surface area contributed by atoms with Gasteiger partial charge >= 0.3 is 5.96 Å². The summed E-state index contributed by atoms with van der Waals surface area (Å²) in [5.74, 6) is 0.582. The summed E-state index contributed by atoms with van der Waals surface area (Å²) in [5.41, 5.74) is 0. The van der Waals surface area contributed by atoms with Crippen molar-refractivity contribution in [1.29, 1.82) is 5.41 Å². The van der Waals surface area contributed by atoms with E-state index in [9.17, 15) is 0 Å². The normalized spacial score (nSPS) is 10.3. The fraction of sp³-hybridized carbons (Fsp3) is 0.875. The van der Waals surface area contributed by atoms with Gasteiger partial charge in [-0.15, -0.1) is 4.90 Å². The van der Waals surface area contributed by atoms with E-state index < -0.39 is 0 Å². The molecular weight excluding hydrogens is 138 g/mol. The van der Waals surface area contributed by atoms with Crippen LogP contribution in [0.4, 0.5) is 0 Å². The van der Waals surface area contributed by atoms with E-state index in [4.69, 9.17) is 5.41 Å². The second-order valence-electron chi connectivity index (χ2n) is 2.99. The highest BCUT2D eigenvalue weighted by Crippen LogP contribution is 1.90. The first-order valence-corrected chi connectivity index (χ1v) is 4.06. The van der Waals surface area contributed by atoms with Crippen molar-refractivity contribution in [3.63, 3.8) is 0 Å². The van der Waals surface area contributed by atoms with Crippen LogP contribution in [0.15, 0.2) is 0 Å². The van der Waals surface area contributed by atoms with Crippen LogP contribution in [-0.4, -0.2) is 38.5 Å². The molecule has 0 heterocycles. The van der Waals surface area contributed by atoms with Gasteiger partial charge in [-0.25, -0.2) is 5.41 Å². The molecule has 0 saturated carbocycles. The number of nitrogens with one attached hydrogen (secondary N) is 1. The molecule has 0 aromatic rings. The Hall–Kier alpha value is -0.570. The molecule has 1 N–H and O–H groups in total. The maximum absolute atomic E-state index is 7.58. The zero-order valence-corrected chi connectivity index (χ0v) is 8.02. The van der Waals surface area contributed by atoms with Crippen LogP contribution in [-0.2, 0) is 0 Å². The highest BCUT2D eigenvalue weighted by molar-refractivity contribution is 5.78. The standard InChI is InChI=1S/C8H19N3/c1-5-6-7-11(4)8(9)10(2)3/h9H,5-7H2,1-4H3/q+1. The van der Waals surface area contributed by atoms with E-state index in [-0.39, 0.29) is 0 Å². The van der Waals surface area contributed by atoms with Crippen LogP contribution in [0.1, 0.15) is 19.8 Å². The fourth-order valence-electron chi connectivity index (χ4n) is 0.843. The van der Waals surface area contributed by atoms with Crippen molar-refractivity contribution in [1.82, 2.24) is 9.80 Å². The molecule has 0 aliphatic rings. The molecule has 65 valence electrons. The molecule has 11 heavy (non-hydrogen) atoms. The minimum absolute atomic E-state index is 0.582. The molecule has 0 fully saturated rings. The number of unbranched alkanes of at least 4 members (excludes halogenated alkanes) is 1. The number of guanidine groups is 1. The highest BCUT2D eigenvalue weighted by atomic mass is 15.3. The molecule has 0 aromatic heterocycles. The van der Waals surface area contributed by atoms with Gasteiger partial charge in [0.1, 0.15) is 13.6 Å². The van der Waals surface area contributed by atoms with E-state index in [1.807, 2.05) is 30.9 Å². The van der Waals surface area contributed by atoms with Gasteiger partial charge in [-0.05, 0) is 0 Å². The lowest BCUT2D eigenvalue weighted by molar-refractivity contribution is 0.500. The Balaban J connectivity index is 3.64. The molecule has 0 aromatic carbocycles. The van der Waals surface area contributed by atoms with Crippen molar-refractivity contribution in [3.05, 3.63) is 0 Å². The van der Waals surface area contributed by atoms with Gasteiger partial charge in [-0.2, -0.15) is 0 Å². The number of rotatable bonds is 3. The second kappa shape index (κ2) is 5.13. The zero-order valence-electron chi connectivity index (χ0n) is 8.02. The predicted molar refractivity (Wildman–Crippen MR) is 49.2 cm³/mol. The Morgan fingerprint density at radius 3 is 2.36 bits per heavy atom. The minimum Gasteiger partial charge on any atom is -0.313 e. The first kappa shape index (κ1) is 10.4. The molecular formula is C8H19N3+. The highest BCUT2D eigenvalue weighted by Gasteiger charge is 2.16. The summed E-state index contributed by atoms with van der Waals surface area (Å²) in [6.07, 6.45) is 2.35. The SMILES string of the molecule is CCCC[N+](C)C(=N)N(C)C. The third-order valence-corrected chi connectivity index (χ3v) is 1.63. The lowest BCUT2D eigenvalue weighted by atomic mass is 10.3. The van der Waals surface area contributed by atoms with Crippen LogP contribution in [0.5, 0.6) is 0 Å². The van der Waals surface area contributed by atoms with E-state index in [1.165, 1.54) is 6.42 Å². The van der Waals surface area contributed by atoms with Gasteiger partial charge in [-0.3, -0.25) is 0 Å². The Morgan fingerprint density at radius 2 is 2.00 bits per heavy atom. The van der Waals surface area contributed by atoms with Crippen LogP contribution >= 0.6 is 0 Å². The van der Waals surface area contributed by atoms with E-state index in [0.717, 1.165) is 13.0 Å². The zero-order chi connectivity index (χ0) is 8.85. The summed E-state index contributed by atoms with van der Waals surface area (Å²) in [7, 11) is 5.74. The molecule has 0 saturated heterocycles. The number of hydrogen-bond acceptors (Lipinski definition) is 1. The summed E-state index contributed by atoms with van der Waals surface area (Å²) in [5, 5.41) is 7.58. The van der Waals surface area contributed by atoms with Gasteiger partial charge in [0.05, 0.1) is 0 Å². The Labute approximate surface area is 69.5 Å². The molecule has 0 amide bonds. The van der Waals surface area contributed by atoms with Gasteiger partial charge in [-0.1, -0.05) is 13.3 Å². The summed E-state index contributed by atoms with van der Waals surface area (Å²) in [4.78, 5) is 3.78. The van der Waals surface area contributed by atoms with E-state index >= 15 is 0 Å². The van der Waals surface area contributed by atoms with Crippen LogP contribution in [0.25, 0.3) is 0 Å². The van der Waals surface area contributed by atoms with E-state index in [2.05, 4.69) is 6.92 Å². The van der Waals surface area contributed by atoms with Crippen molar-refractivity contribution < 1.29 is 0 Å². The van der Waals surface area contributed by atoms with Gasteiger partial charge in [0.2, 0.25) is 0 Å². The Bertz CT molecular complexity index is 121.